The van der Waals surface area contributed by atoms with Crippen molar-refractivity contribution in [1.29, 1.82) is 0 Å². The number of amides is 5. The second-order valence-electron chi connectivity index (χ2n) is 25.3. The predicted octanol–water partition coefficient (Wildman–Crippen LogP) is 13.3. The second-order valence-corrected chi connectivity index (χ2v) is 25.3. The molecular formula is C70H77N5O7. The topological polar surface area (TPSA) is 169 Å². The van der Waals surface area contributed by atoms with Crippen LogP contribution in [0.1, 0.15) is 155 Å². The van der Waals surface area contributed by atoms with Gasteiger partial charge in [0.15, 0.2) is 0 Å². The van der Waals surface area contributed by atoms with Crippen LogP contribution in [0.3, 0.4) is 0 Å². The molecule has 2 fully saturated rings. The predicted molar refractivity (Wildman–Crippen MR) is 320 cm³/mol. The molecule has 6 aromatic rings. The molecule has 2 saturated carbocycles. The molecule has 0 bridgehead atoms. The summed E-state index contributed by atoms with van der Waals surface area (Å²) in [6, 6.07) is 44.2. The summed E-state index contributed by atoms with van der Waals surface area (Å²) in [6.07, 6.45) is 9.28. The van der Waals surface area contributed by atoms with Gasteiger partial charge in [0.05, 0.1) is 11.0 Å². The van der Waals surface area contributed by atoms with Crippen molar-refractivity contribution in [3.8, 4) is 22.3 Å². The fourth-order valence-corrected chi connectivity index (χ4v) is 16.8. The number of imide groups is 1. The molecule has 5 amide bonds. The van der Waals surface area contributed by atoms with Gasteiger partial charge in [0.2, 0.25) is 18.2 Å². The van der Waals surface area contributed by atoms with Crippen LogP contribution in [0.15, 0.2) is 133 Å². The maximum Gasteiger partial charge on any atom is 0.407 e. The van der Waals surface area contributed by atoms with Crippen LogP contribution in [-0.4, -0.2) is 66.7 Å². The number of benzene rings is 6. The number of fused-ring (bicyclic) bond motifs is 12. The van der Waals surface area contributed by atoms with Crippen LogP contribution in [0.2, 0.25) is 0 Å². The van der Waals surface area contributed by atoms with Gasteiger partial charge in [-0.05, 0) is 191 Å². The smallest absolute Gasteiger partial charge is 0.407 e. The molecule has 0 spiro atoms. The summed E-state index contributed by atoms with van der Waals surface area (Å²) < 4.78 is 11.8. The molecular weight excluding hydrogens is 1020 g/mol. The molecule has 12 nitrogen and oxygen atoms in total. The van der Waals surface area contributed by atoms with Crippen molar-refractivity contribution in [1.82, 2.24) is 15.5 Å². The molecule has 0 unspecified atom stereocenters. The number of aryl methyl sites for hydroxylation is 2. The first kappa shape index (κ1) is 54.8. The highest BCUT2D eigenvalue weighted by Crippen LogP contribution is 2.61. The number of nitrogens with two attached hydrogens (primary N) is 1. The van der Waals surface area contributed by atoms with E-state index in [4.69, 9.17) is 15.2 Å². The number of carbonyl (C=O) groups excluding carboxylic acids is 5. The van der Waals surface area contributed by atoms with Crippen LogP contribution >= 0.6 is 0 Å². The highest BCUT2D eigenvalue weighted by atomic mass is 16.6. The van der Waals surface area contributed by atoms with Gasteiger partial charge < -0.3 is 31.2 Å². The molecule has 12 rings (SSSR count). The number of hydrogen-bond donors (Lipinski definition) is 4. The highest BCUT2D eigenvalue weighted by molar-refractivity contribution is 5.97. The quantitative estimate of drug-likeness (QED) is 0.0447. The number of unbranched alkanes of at least 4 members (excludes halogenated alkanes) is 1. The Kier molecular flexibility index (Phi) is 14.6. The number of nitrogen functional groups attached to an aromatic ring is 1. The largest absolute Gasteiger partial charge is 0.449 e. The number of nitrogens with one attached hydrogen (secondary N) is 3. The van der Waals surface area contributed by atoms with Gasteiger partial charge in [0, 0.05) is 29.8 Å². The maximum absolute atomic E-state index is 15.6. The number of anilines is 2. The van der Waals surface area contributed by atoms with E-state index in [2.05, 4.69) is 116 Å². The van der Waals surface area contributed by atoms with Crippen molar-refractivity contribution >= 4 is 41.8 Å². The monoisotopic (exact) mass is 1100 g/mol. The molecule has 6 aliphatic carbocycles. The third-order valence-corrected chi connectivity index (χ3v) is 20.8. The molecule has 6 aromatic carbocycles. The molecule has 424 valence electrons. The van der Waals surface area contributed by atoms with Crippen molar-refractivity contribution in [3.05, 3.63) is 178 Å². The Labute approximate surface area is 482 Å². The van der Waals surface area contributed by atoms with Gasteiger partial charge in [-0.25, -0.2) is 9.59 Å². The Hall–Kier alpha value is -7.73. The summed E-state index contributed by atoms with van der Waals surface area (Å²) in [6.45, 7) is 9.49. The molecule has 82 heavy (non-hydrogen) atoms. The molecule has 0 aliphatic heterocycles. The van der Waals surface area contributed by atoms with E-state index in [0.717, 1.165) is 120 Å². The van der Waals surface area contributed by atoms with Crippen LogP contribution in [-0.2, 0) is 47.5 Å². The minimum Gasteiger partial charge on any atom is -0.449 e. The fourth-order valence-electron chi connectivity index (χ4n) is 16.8. The summed E-state index contributed by atoms with van der Waals surface area (Å²) in [5.41, 5.74) is 19.5. The number of carbonyl (C=O) groups is 5. The summed E-state index contributed by atoms with van der Waals surface area (Å²) in [7, 11) is 0. The van der Waals surface area contributed by atoms with E-state index >= 15 is 4.79 Å². The number of ether oxygens (including phenoxy) is 2. The summed E-state index contributed by atoms with van der Waals surface area (Å²) in [4.78, 5) is 72.6. The Morgan fingerprint density at radius 2 is 1.13 bits per heavy atom. The third kappa shape index (κ3) is 9.53. The highest BCUT2D eigenvalue weighted by Gasteiger charge is 2.61. The third-order valence-electron chi connectivity index (χ3n) is 20.8. The van der Waals surface area contributed by atoms with E-state index in [-0.39, 0.29) is 60.5 Å². The van der Waals surface area contributed by atoms with Crippen LogP contribution in [0, 0.1) is 17.3 Å². The first-order valence-corrected chi connectivity index (χ1v) is 30.0. The lowest BCUT2D eigenvalue weighted by molar-refractivity contribution is -0.166. The fraction of sp³-hybridized carbons (Fsp3) is 0.414. The number of hydrogen-bond acceptors (Lipinski definition) is 8. The van der Waals surface area contributed by atoms with Crippen molar-refractivity contribution in [3.63, 3.8) is 0 Å². The lowest BCUT2D eigenvalue weighted by Gasteiger charge is -2.60. The average Bonchev–Trinajstić information content (AvgIpc) is 3.71. The number of rotatable bonds is 15. The molecule has 5 N–H and O–H groups in total. The minimum absolute atomic E-state index is 0.0578. The average molecular weight is 1100 g/mol. The summed E-state index contributed by atoms with van der Waals surface area (Å²) >= 11 is 0. The first-order chi connectivity index (χ1) is 39.6. The van der Waals surface area contributed by atoms with Gasteiger partial charge in [-0.1, -0.05) is 143 Å². The Balaban J connectivity index is 0.735. The SMILES string of the molecule is C[C@]1(N(C=O)C(=O)[C@@]2(C)CCC[C@]3(C)c4cc(NC(=O)[C@H](CCCCNC(=O)OCC5c6ccccc6-c6ccccc65)NC(=O)OCC5c6ccccc6-c6ccccc65)ccc4CC[C@@H]23)CCC[C@]2(C)c3cc(N)ccc3CC[C@@H]12. The van der Waals surface area contributed by atoms with E-state index in [1.54, 1.807) is 4.90 Å². The van der Waals surface area contributed by atoms with Gasteiger partial charge in [0.25, 0.3) is 0 Å². The molecule has 12 heteroatoms. The molecule has 0 radical (unpaired) electrons. The van der Waals surface area contributed by atoms with Gasteiger partial charge in [-0.3, -0.25) is 19.3 Å². The molecule has 7 atom stereocenters. The lowest BCUT2D eigenvalue weighted by Crippen LogP contribution is -2.66. The van der Waals surface area contributed by atoms with Crippen LogP contribution < -0.4 is 21.7 Å². The van der Waals surface area contributed by atoms with E-state index in [0.29, 0.717) is 31.5 Å². The summed E-state index contributed by atoms with van der Waals surface area (Å²) in [5.74, 6) is -0.652. The minimum atomic E-state index is -0.965. The number of alkyl carbamates (subject to hydrolysis) is 2. The summed E-state index contributed by atoms with van der Waals surface area (Å²) in [5, 5.41) is 9.01. The molecule has 0 aromatic heterocycles. The van der Waals surface area contributed by atoms with Gasteiger partial charge in [-0.15, -0.1) is 0 Å². The van der Waals surface area contributed by atoms with Crippen LogP contribution in [0.5, 0.6) is 0 Å². The second kappa shape index (κ2) is 21.9. The van der Waals surface area contributed by atoms with E-state index in [1.165, 1.54) is 16.7 Å². The molecule has 0 saturated heterocycles. The lowest BCUT2D eigenvalue weighted by atomic mass is 9.48. The maximum atomic E-state index is 15.6. The van der Waals surface area contributed by atoms with E-state index < -0.39 is 34.6 Å². The normalized spacial score (nSPS) is 25.0. The Morgan fingerprint density at radius 1 is 0.622 bits per heavy atom. The van der Waals surface area contributed by atoms with Crippen molar-refractivity contribution in [2.24, 2.45) is 17.3 Å². The number of nitrogens with zero attached hydrogens (tertiary/aromatic N) is 1. The Morgan fingerprint density at radius 3 is 1.72 bits per heavy atom. The first-order valence-electron chi connectivity index (χ1n) is 30.0. The van der Waals surface area contributed by atoms with E-state index in [9.17, 15) is 19.2 Å². The van der Waals surface area contributed by atoms with Crippen molar-refractivity contribution < 1.29 is 33.4 Å². The zero-order chi connectivity index (χ0) is 57.0. The van der Waals surface area contributed by atoms with Gasteiger partial charge in [-0.2, -0.15) is 0 Å². The van der Waals surface area contributed by atoms with Crippen LogP contribution in [0.25, 0.3) is 22.3 Å². The van der Waals surface area contributed by atoms with Crippen LogP contribution in [0.4, 0.5) is 21.0 Å². The zero-order valence-electron chi connectivity index (χ0n) is 47.9. The van der Waals surface area contributed by atoms with Crippen molar-refractivity contribution in [2.45, 2.75) is 145 Å². The molecule has 0 heterocycles. The molecule has 6 aliphatic rings. The van der Waals surface area contributed by atoms with Gasteiger partial charge in [0.1, 0.15) is 19.3 Å². The zero-order valence-corrected chi connectivity index (χ0v) is 47.9. The van der Waals surface area contributed by atoms with Gasteiger partial charge >= 0.3 is 12.2 Å². The standard InChI is InChI=1S/C70H77N5O7/c1-67-34-15-36-69(3,64(78)75(43-76)70(4)37-16-35-68(2)58-39-46(71)30-26-44(58)29-33-62(68)70)61(67)32-28-45-27-31-47(40-59(45)67)73-63(77)60(74-66(80)82-42-57-54-23-11-7-19-50(54)51-20-8-12-24-55(51)57)25-13-14-38-72-65(79)81-41-56-52-21-9-5-17-48(52)49-18-6-10-22-53(49)56/h5-12,17-24,26-27,30-31,39-40,43,56-57,60-62H,13-16,25,28-29,32-38,41-42,71H2,1-4H3,(H,72,79)(H,73,77)(H,74,80)/t60-,61+,62+,67+,68+,69-,70-/m0/s1. The Bertz CT molecular complexity index is 3400. The van der Waals surface area contributed by atoms with E-state index in [1.807, 2.05) is 60.7 Å². The van der Waals surface area contributed by atoms with Crippen molar-refractivity contribution in [2.75, 3.05) is 30.8 Å².